The molecule has 0 bridgehead atoms. The number of fused-ring (bicyclic) bond motifs is 1. The molecule has 0 aromatic rings. The Labute approximate surface area is 87.4 Å². The number of amidine groups is 1. The highest BCUT2D eigenvalue weighted by Gasteiger charge is 2.40. The summed E-state index contributed by atoms with van der Waals surface area (Å²) in [6, 6.07) is 0. The Morgan fingerprint density at radius 1 is 1.43 bits per heavy atom. The van der Waals surface area contributed by atoms with Crippen molar-refractivity contribution < 1.29 is 0 Å². The highest BCUT2D eigenvalue weighted by atomic mass is 15.2. The predicted octanol–water partition coefficient (Wildman–Crippen LogP) is 2.40. The fourth-order valence-electron chi connectivity index (χ4n) is 3.30. The van der Waals surface area contributed by atoms with Crippen LogP contribution in [0.25, 0.3) is 0 Å². The van der Waals surface area contributed by atoms with Crippen LogP contribution in [0, 0.1) is 17.8 Å². The summed E-state index contributed by atoms with van der Waals surface area (Å²) in [6.45, 7) is 3.54. The molecular formula is C12H22N2. The van der Waals surface area contributed by atoms with E-state index < -0.39 is 0 Å². The average molecular weight is 194 g/mol. The molecule has 0 amide bonds. The van der Waals surface area contributed by atoms with Crippen molar-refractivity contribution >= 4 is 5.84 Å². The zero-order chi connectivity index (χ0) is 10.1. The molecule has 3 atom stereocenters. The van der Waals surface area contributed by atoms with Gasteiger partial charge in [0, 0.05) is 26.6 Å². The molecule has 1 aliphatic heterocycles. The summed E-state index contributed by atoms with van der Waals surface area (Å²) in [4.78, 5) is 6.84. The fourth-order valence-corrected chi connectivity index (χ4v) is 3.30. The first kappa shape index (κ1) is 10.0. The Morgan fingerprint density at radius 3 is 2.86 bits per heavy atom. The zero-order valence-corrected chi connectivity index (χ0v) is 9.66. The first-order chi connectivity index (χ1) is 6.76. The maximum atomic E-state index is 4.48. The van der Waals surface area contributed by atoms with Gasteiger partial charge in [-0.05, 0) is 31.1 Å². The van der Waals surface area contributed by atoms with Crippen molar-refractivity contribution in [2.24, 2.45) is 22.7 Å². The normalized spacial score (nSPS) is 40.4. The molecule has 1 saturated heterocycles. The Morgan fingerprint density at radius 2 is 2.21 bits per heavy atom. The van der Waals surface area contributed by atoms with Crippen molar-refractivity contribution in [1.29, 1.82) is 0 Å². The first-order valence-electron chi connectivity index (χ1n) is 5.94. The summed E-state index contributed by atoms with van der Waals surface area (Å²) < 4.78 is 0. The van der Waals surface area contributed by atoms with E-state index in [1.807, 2.05) is 7.05 Å². The quantitative estimate of drug-likeness (QED) is 0.626. The van der Waals surface area contributed by atoms with Crippen LogP contribution in [0.5, 0.6) is 0 Å². The van der Waals surface area contributed by atoms with Gasteiger partial charge in [0.15, 0.2) is 0 Å². The van der Waals surface area contributed by atoms with Crippen molar-refractivity contribution in [3.8, 4) is 0 Å². The van der Waals surface area contributed by atoms with Gasteiger partial charge in [-0.1, -0.05) is 13.3 Å². The number of hydrogen-bond donors (Lipinski definition) is 0. The third-order valence-electron chi connectivity index (χ3n) is 4.16. The van der Waals surface area contributed by atoms with Crippen LogP contribution < -0.4 is 0 Å². The van der Waals surface area contributed by atoms with Crippen LogP contribution in [0.2, 0.25) is 0 Å². The number of hydrogen-bond acceptors (Lipinski definition) is 1. The lowest BCUT2D eigenvalue weighted by atomic mass is 9.88. The van der Waals surface area contributed by atoms with Crippen molar-refractivity contribution in [1.82, 2.24) is 4.90 Å². The van der Waals surface area contributed by atoms with Crippen LogP contribution >= 0.6 is 0 Å². The maximum Gasteiger partial charge on any atom is 0.102 e. The summed E-state index contributed by atoms with van der Waals surface area (Å²) in [5, 5.41) is 0. The molecule has 0 spiro atoms. The van der Waals surface area contributed by atoms with Gasteiger partial charge in [0.2, 0.25) is 0 Å². The topological polar surface area (TPSA) is 15.6 Å². The summed E-state index contributed by atoms with van der Waals surface area (Å²) >= 11 is 0. The molecule has 1 heterocycles. The molecular weight excluding hydrogens is 172 g/mol. The molecule has 2 nitrogen and oxygen atoms in total. The zero-order valence-electron chi connectivity index (χ0n) is 9.66. The SMILES string of the molecule is CCC1CC2CCN(C)C(=NC)C2C1. The van der Waals surface area contributed by atoms with E-state index in [0.29, 0.717) is 0 Å². The lowest BCUT2D eigenvalue weighted by molar-refractivity contribution is 0.307. The maximum absolute atomic E-state index is 4.48. The molecule has 0 aromatic heterocycles. The Balaban J connectivity index is 2.12. The van der Waals surface area contributed by atoms with Gasteiger partial charge < -0.3 is 4.90 Å². The van der Waals surface area contributed by atoms with Gasteiger partial charge >= 0.3 is 0 Å². The Kier molecular flexibility index (Phi) is 2.80. The van der Waals surface area contributed by atoms with Gasteiger partial charge in [0.1, 0.15) is 5.84 Å². The summed E-state index contributed by atoms with van der Waals surface area (Å²) in [5.41, 5.74) is 0. The number of aliphatic imine (C=N–C) groups is 1. The molecule has 0 N–H and O–H groups in total. The molecule has 1 saturated carbocycles. The van der Waals surface area contributed by atoms with Crippen LogP contribution in [-0.4, -0.2) is 31.4 Å². The molecule has 2 aliphatic rings. The van der Waals surface area contributed by atoms with Gasteiger partial charge in [-0.15, -0.1) is 0 Å². The molecule has 1 aliphatic carbocycles. The molecule has 2 fully saturated rings. The van der Waals surface area contributed by atoms with E-state index in [0.717, 1.165) is 17.8 Å². The number of rotatable bonds is 1. The lowest BCUT2D eigenvalue weighted by Gasteiger charge is -2.35. The van der Waals surface area contributed by atoms with Gasteiger partial charge in [0.25, 0.3) is 0 Å². The van der Waals surface area contributed by atoms with E-state index in [4.69, 9.17) is 0 Å². The minimum atomic E-state index is 0.781. The Bertz CT molecular complexity index is 234. The Hall–Kier alpha value is -0.530. The van der Waals surface area contributed by atoms with Gasteiger partial charge in [-0.2, -0.15) is 0 Å². The average Bonchev–Trinajstić information content (AvgIpc) is 2.60. The van der Waals surface area contributed by atoms with Gasteiger partial charge in [0.05, 0.1) is 0 Å². The van der Waals surface area contributed by atoms with Crippen molar-refractivity contribution in [3.63, 3.8) is 0 Å². The molecule has 3 unspecified atom stereocenters. The third-order valence-corrected chi connectivity index (χ3v) is 4.16. The van der Waals surface area contributed by atoms with E-state index in [2.05, 4.69) is 23.9 Å². The smallest absolute Gasteiger partial charge is 0.102 e. The van der Waals surface area contributed by atoms with E-state index in [1.54, 1.807) is 0 Å². The number of piperidine rings is 1. The second kappa shape index (κ2) is 3.92. The second-order valence-corrected chi connectivity index (χ2v) is 4.90. The third kappa shape index (κ3) is 1.55. The van der Waals surface area contributed by atoms with E-state index in [-0.39, 0.29) is 0 Å². The standard InChI is InChI=1S/C12H22N2/c1-4-9-7-10-5-6-14(3)12(13-2)11(10)8-9/h9-11H,4-8H2,1-3H3. The predicted molar refractivity (Wildman–Crippen MR) is 60.6 cm³/mol. The molecule has 2 heteroatoms. The summed E-state index contributed by atoms with van der Waals surface area (Å²) in [5.74, 6) is 4.06. The number of nitrogens with zero attached hydrogens (tertiary/aromatic N) is 2. The van der Waals surface area contributed by atoms with Crippen molar-refractivity contribution in [2.75, 3.05) is 20.6 Å². The van der Waals surface area contributed by atoms with Gasteiger partial charge in [-0.25, -0.2) is 0 Å². The second-order valence-electron chi connectivity index (χ2n) is 4.90. The monoisotopic (exact) mass is 194 g/mol. The van der Waals surface area contributed by atoms with E-state index >= 15 is 0 Å². The molecule has 80 valence electrons. The highest BCUT2D eigenvalue weighted by Crippen LogP contribution is 2.43. The molecule has 0 aromatic carbocycles. The molecule has 2 rings (SSSR count). The molecule has 0 radical (unpaired) electrons. The van der Waals surface area contributed by atoms with Crippen molar-refractivity contribution in [3.05, 3.63) is 0 Å². The van der Waals surface area contributed by atoms with Crippen LogP contribution in [0.15, 0.2) is 4.99 Å². The highest BCUT2D eigenvalue weighted by molar-refractivity contribution is 5.85. The van der Waals surface area contributed by atoms with E-state index in [9.17, 15) is 0 Å². The minimum Gasteiger partial charge on any atom is -0.363 e. The largest absolute Gasteiger partial charge is 0.363 e. The summed E-state index contributed by atoms with van der Waals surface area (Å²) in [7, 11) is 4.14. The lowest BCUT2D eigenvalue weighted by Crippen LogP contribution is -2.41. The van der Waals surface area contributed by atoms with Crippen molar-refractivity contribution in [2.45, 2.75) is 32.6 Å². The minimum absolute atomic E-state index is 0.781. The first-order valence-corrected chi connectivity index (χ1v) is 5.94. The van der Waals surface area contributed by atoms with E-state index in [1.165, 1.54) is 38.1 Å². The van der Waals surface area contributed by atoms with Gasteiger partial charge in [-0.3, -0.25) is 4.99 Å². The van der Waals surface area contributed by atoms with Crippen LogP contribution in [-0.2, 0) is 0 Å². The van der Waals surface area contributed by atoms with Crippen LogP contribution in [0.1, 0.15) is 32.6 Å². The number of likely N-dealkylation sites (tertiary alicyclic amines) is 1. The molecule has 14 heavy (non-hydrogen) atoms. The van der Waals surface area contributed by atoms with Crippen LogP contribution in [0.4, 0.5) is 0 Å². The fraction of sp³-hybridized carbons (Fsp3) is 0.917. The summed E-state index contributed by atoms with van der Waals surface area (Å²) in [6.07, 6.45) is 5.58. The van der Waals surface area contributed by atoms with Crippen LogP contribution in [0.3, 0.4) is 0 Å².